The summed E-state index contributed by atoms with van der Waals surface area (Å²) in [5.74, 6) is 0. The van der Waals surface area contributed by atoms with Crippen LogP contribution in [0.1, 0.15) is 33.1 Å². The Morgan fingerprint density at radius 1 is 0.909 bits per heavy atom. The van der Waals surface area contributed by atoms with Crippen molar-refractivity contribution in [2.45, 2.75) is 45.2 Å². The van der Waals surface area contributed by atoms with Gasteiger partial charge in [-0.1, -0.05) is 20.3 Å². The lowest BCUT2D eigenvalue weighted by Crippen LogP contribution is -2.47. The lowest BCUT2D eigenvalue weighted by molar-refractivity contribution is 0.309. The molecule has 2 atom stereocenters. The summed E-state index contributed by atoms with van der Waals surface area (Å²) in [7, 11) is 4.11. The maximum atomic E-state index is 3.34. The number of nitrogens with one attached hydrogen (secondary N) is 2. The van der Waals surface area contributed by atoms with E-state index >= 15 is 0 Å². The molecule has 68 valence electrons. The summed E-state index contributed by atoms with van der Waals surface area (Å²) < 4.78 is 0. The molecule has 1 aliphatic rings. The average molecular weight is 158 g/mol. The highest BCUT2D eigenvalue weighted by Crippen LogP contribution is 2.17. The zero-order valence-electron chi connectivity index (χ0n) is 6.98. The zero-order chi connectivity index (χ0) is 7.40. The van der Waals surface area contributed by atoms with E-state index in [1.807, 2.05) is 0 Å². The molecule has 0 aromatic rings. The van der Waals surface area contributed by atoms with Gasteiger partial charge in [-0.15, -0.1) is 0 Å². The topological polar surface area (TPSA) is 24.1 Å². The van der Waals surface area contributed by atoms with Gasteiger partial charge in [0.15, 0.2) is 0 Å². The van der Waals surface area contributed by atoms with E-state index in [4.69, 9.17) is 0 Å². The van der Waals surface area contributed by atoms with Gasteiger partial charge in [-0.3, -0.25) is 0 Å². The molecule has 1 rings (SSSR count). The second kappa shape index (κ2) is 5.56. The van der Waals surface area contributed by atoms with Crippen molar-refractivity contribution >= 4 is 0 Å². The van der Waals surface area contributed by atoms with Crippen molar-refractivity contribution in [3.63, 3.8) is 0 Å². The molecule has 0 spiro atoms. The van der Waals surface area contributed by atoms with Gasteiger partial charge < -0.3 is 10.6 Å². The van der Waals surface area contributed by atoms with Crippen LogP contribution in [-0.2, 0) is 0 Å². The minimum absolute atomic E-state index is 0. The van der Waals surface area contributed by atoms with Crippen LogP contribution in [0.2, 0.25) is 0 Å². The Labute approximate surface area is 70.8 Å². The van der Waals surface area contributed by atoms with Gasteiger partial charge in [0, 0.05) is 12.1 Å². The molecule has 2 unspecified atom stereocenters. The second-order valence-corrected chi connectivity index (χ2v) is 3.07. The van der Waals surface area contributed by atoms with E-state index in [0.717, 1.165) is 0 Å². The summed E-state index contributed by atoms with van der Waals surface area (Å²) in [6, 6.07) is 1.41. The number of hydrogen-bond acceptors (Lipinski definition) is 2. The first-order valence-corrected chi connectivity index (χ1v) is 4.23. The van der Waals surface area contributed by atoms with Crippen LogP contribution < -0.4 is 10.6 Å². The first-order chi connectivity index (χ1) is 4.88. The van der Waals surface area contributed by atoms with Crippen LogP contribution in [0.15, 0.2) is 0 Å². The Kier molecular flexibility index (Phi) is 5.51. The zero-order valence-corrected chi connectivity index (χ0v) is 6.98. The van der Waals surface area contributed by atoms with Crippen LogP contribution in [0.25, 0.3) is 0 Å². The Bertz CT molecular complexity index is 81.6. The molecule has 0 aliphatic heterocycles. The van der Waals surface area contributed by atoms with E-state index < -0.39 is 0 Å². The Balaban J connectivity index is 0.000001000. The lowest BCUT2D eigenvalue weighted by atomic mass is 9.91. The maximum absolute atomic E-state index is 3.34. The van der Waals surface area contributed by atoms with E-state index in [9.17, 15) is 0 Å². The SMILES string of the molecule is C.CNC1CCCCC1NC. The van der Waals surface area contributed by atoms with Gasteiger partial charge in [0.1, 0.15) is 0 Å². The van der Waals surface area contributed by atoms with E-state index in [2.05, 4.69) is 24.7 Å². The lowest BCUT2D eigenvalue weighted by Gasteiger charge is -2.30. The van der Waals surface area contributed by atoms with Gasteiger partial charge in [0.05, 0.1) is 0 Å². The molecular weight excluding hydrogens is 136 g/mol. The van der Waals surface area contributed by atoms with Crippen LogP contribution in [-0.4, -0.2) is 26.2 Å². The second-order valence-electron chi connectivity index (χ2n) is 3.07. The standard InChI is InChI=1S/C8H18N2.CH4/c1-9-7-5-3-4-6-8(7)10-2;/h7-10H,3-6H2,1-2H3;1H4. The van der Waals surface area contributed by atoms with Crippen LogP contribution in [0.4, 0.5) is 0 Å². The Hall–Kier alpha value is -0.0800. The first kappa shape index (κ1) is 10.9. The highest BCUT2D eigenvalue weighted by molar-refractivity contribution is 4.83. The third kappa shape index (κ3) is 2.80. The number of hydrogen-bond donors (Lipinski definition) is 2. The summed E-state index contributed by atoms with van der Waals surface area (Å²) in [5.41, 5.74) is 0. The fourth-order valence-electron chi connectivity index (χ4n) is 1.82. The largest absolute Gasteiger partial charge is 0.315 e. The van der Waals surface area contributed by atoms with E-state index in [1.165, 1.54) is 25.7 Å². The van der Waals surface area contributed by atoms with Crippen LogP contribution in [0.5, 0.6) is 0 Å². The van der Waals surface area contributed by atoms with Gasteiger partial charge in [-0.05, 0) is 26.9 Å². The molecule has 1 fully saturated rings. The molecule has 0 aromatic heterocycles. The summed E-state index contributed by atoms with van der Waals surface area (Å²) in [5, 5.41) is 6.68. The van der Waals surface area contributed by atoms with Crippen molar-refractivity contribution in [2.24, 2.45) is 0 Å². The van der Waals surface area contributed by atoms with Crippen molar-refractivity contribution in [1.82, 2.24) is 10.6 Å². The van der Waals surface area contributed by atoms with Crippen molar-refractivity contribution in [3.05, 3.63) is 0 Å². The van der Waals surface area contributed by atoms with E-state index in [0.29, 0.717) is 12.1 Å². The summed E-state index contributed by atoms with van der Waals surface area (Å²) in [6.07, 6.45) is 5.46. The van der Waals surface area contributed by atoms with Gasteiger partial charge >= 0.3 is 0 Å². The van der Waals surface area contributed by atoms with Crippen molar-refractivity contribution in [2.75, 3.05) is 14.1 Å². The third-order valence-corrected chi connectivity index (χ3v) is 2.51. The molecule has 0 saturated heterocycles. The molecule has 11 heavy (non-hydrogen) atoms. The van der Waals surface area contributed by atoms with Gasteiger partial charge in [-0.25, -0.2) is 0 Å². The Morgan fingerprint density at radius 2 is 1.27 bits per heavy atom. The fraction of sp³-hybridized carbons (Fsp3) is 1.00. The van der Waals surface area contributed by atoms with Crippen molar-refractivity contribution < 1.29 is 0 Å². The summed E-state index contributed by atoms with van der Waals surface area (Å²) >= 11 is 0. The molecule has 2 heteroatoms. The minimum atomic E-state index is 0. The van der Waals surface area contributed by atoms with Gasteiger partial charge in [-0.2, -0.15) is 0 Å². The van der Waals surface area contributed by atoms with Crippen molar-refractivity contribution in [1.29, 1.82) is 0 Å². The average Bonchev–Trinajstić information content (AvgIpc) is 2.04. The number of likely N-dealkylation sites (N-methyl/N-ethyl adjacent to an activating group) is 2. The Morgan fingerprint density at radius 3 is 1.55 bits per heavy atom. The molecule has 0 bridgehead atoms. The van der Waals surface area contributed by atoms with Crippen LogP contribution >= 0.6 is 0 Å². The fourth-order valence-corrected chi connectivity index (χ4v) is 1.82. The molecular formula is C9H22N2. The molecule has 0 heterocycles. The summed E-state index contributed by atoms with van der Waals surface area (Å²) in [6.45, 7) is 0. The van der Waals surface area contributed by atoms with E-state index in [-0.39, 0.29) is 7.43 Å². The minimum Gasteiger partial charge on any atom is -0.315 e. The molecule has 1 aliphatic carbocycles. The molecule has 0 radical (unpaired) electrons. The molecule has 1 saturated carbocycles. The maximum Gasteiger partial charge on any atom is 0.0218 e. The quantitative estimate of drug-likeness (QED) is 0.634. The monoisotopic (exact) mass is 158 g/mol. The highest BCUT2D eigenvalue weighted by atomic mass is 15.0. The molecule has 2 N–H and O–H groups in total. The van der Waals surface area contributed by atoms with Crippen molar-refractivity contribution in [3.8, 4) is 0 Å². The molecule has 0 aromatic carbocycles. The van der Waals surface area contributed by atoms with Gasteiger partial charge in [0.2, 0.25) is 0 Å². The highest BCUT2D eigenvalue weighted by Gasteiger charge is 2.21. The number of rotatable bonds is 2. The normalized spacial score (nSPS) is 31.1. The smallest absolute Gasteiger partial charge is 0.0218 e. The predicted octanol–water partition coefficient (Wildman–Crippen LogP) is 1.37. The first-order valence-electron chi connectivity index (χ1n) is 4.23. The molecule has 2 nitrogen and oxygen atoms in total. The van der Waals surface area contributed by atoms with Gasteiger partial charge in [0.25, 0.3) is 0 Å². The summed E-state index contributed by atoms with van der Waals surface area (Å²) in [4.78, 5) is 0. The predicted molar refractivity (Wildman–Crippen MR) is 50.9 cm³/mol. The van der Waals surface area contributed by atoms with E-state index in [1.54, 1.807) is 0 Å². The molecule has 0 amide bonds. The van der Waals surface area contributed by atoms with Crippen LogP contribution in [0.3, 0.4) is 0 Å². The van der Waals surface area contributed by atoms with Crippen LogP contribution in [0, 0.1) is 0 Å². The third-order valence-electron chi connectivity index (χ3n) is 2.51.